The minimum atomic E-state index is 0.354. The van der Waals surface area contributed by atoms with Crippen molar-refractivity contribution in [2.24, 2.45) is 16.3 Å². The van der Waals surface area contributed by atoms with Gasteiger partial charge in [0.05, 0.1) is 6.10 Å². The van der Waals surface area contributed by atoms with Crippen LogP contribution in [0, 0.1) is 18.3 Å². The van der Waals surface area contributed by atoms with Crippen LogP contribution in [-0.4, -0.2) is 53.1 Å². The molecule has 7 heteroatoms. The molecule has 2 saturated carbocycles. The molecule has 144 valence electrons. The molecule has 3 unspecified atom stereocenters. The van der Waals surface area contributed by atoms with Crippen LogP contribution in [0.3, 0.4) is 0 Å². The van der Waals surface area contributed by atoms with Crippen molar-refractivity contribution in [3.63, 3.8) is 0 Å². The Kier molecular flexibility index (Phi) is 4.90. The number of nitrogens with one attached hydrogen (secondary N) is 2. The van der Waals surface area contributed by atoms with Crippen LogP contribution in [0.5, 0.6) is 0 Å². The number of ether oxygens (including phenoxy) is 1. The topological polar surface area (TPSA) is 76.4 Å². The van der Waals surface area contributed by atoms with Gasteiger partial charge in [-0.3, -0.25) is 4.99 Å². The molecule has 2 fully saturated rings. The lowest BCUT2D eigenvalue weighted by Gasteiger charge is -2.61. The first kappa shape index (κ1) is 17.8. The van der Waals surface area contributed by atoms with Gasteiger partial charge in [-0.05, 0) is 45.4 Å². The van der Waals surface area contributed by atoms with Crippen LogP contribution in [0.15, 0.2) is 4.99 Å². The van der Waals surface area contributed by atoms with Gasteiger partial charge in [0.25, 0.3) is 0 Å². The molecular formula is C19H32N6O. The molecule has 1 aromatic rings. The molecule has 0 amide bonds. The summed E-state index contributed by atoms with van der Waals surface area (Å²) in [5.74, 6) is 3.67. The van der Waals surface area contributed by atoms with E-state index in [9.17, 15) is 0 Å². The van der Waals surface area contributed by atoms with Crippen molar-refractivity contribution in [3.8, 4) is 0 Å². The third-order valence-corrected chi connectivity index (χ3v) is 6.76. The van der Waals surface area contributed by atoms with E-state index in [-0.39, 0.29) is 0 Å². The maximum absolute atomic E-state index is 5.96. The Morgan fingerprint density at radius 1 is 1.38 bits per heavy atom. The second-order valence-electron chi connectivity index (χ2n) is 8.10. The first-order valence-electron chi connectivity index (χ1n) is 10.1. The van der Waals surface area contributed by atoms with Crippen LogP contribution in [0.25, 0.3) is 0 Å². The van der Waals surface area contributed by atoms with Crippen LogP contribution in [-0.2, 0) is 17.7 Å². The lowest BCUT2D eigenvalue weighted by molar-refractivity contribution is -0.168. The van der Waals surface area contributed by atoms with Gasteiger partial charge >= 0.3 is 0 Å². The van der Waals surface area contributed by atoms with Crippen molar-refractivity contribution in [2.45, 2.75) is 71.1 Å². The lowest BCUT2D eigenvalue weighted by atomic mass is 9.51. The van der Waals surface area contributed by atoms with E-state index in [1.165, 1.54) is 19.3 Å². The second-order valence-corrected chi connectivity index (χ2v) is 8.10. The molecule has 1 aromatic heterocycles. The quantitative estimate of drug-likeness (QED) is 0.617. The summed E-state index contributed by atoms with van der Waals surface area (Å²) in [5, 5.41) is 15.7. The summed E-state index contributed by atoms with van der Waals surface area (Å²) in [6, 6.07) is 0.497. The van der Waals surface area contributed by atoms with Crippen LogP contribution in [0.4, 0.5) is 0 Å². The Labute approximate surface area is 156 Å². The number of hydrogen-bond acceptors (Lipinski definition) is 4. The van der Waals surface area contributed by atoms with Gasteiger partial charge < -0.3 is 19.9 Å². The van der Waals surface area contributed by atoms with E-state index >= 15 is 0 Å². The van der Waals surface area contributed by atoms with Crippen LogP contribution >= 0.6 is 0 Å². The van der Waals surface area contributed by atoms with E-state index in [0.717, 1.165) is 56.6 Å². The van der Waals surface area contributed by atoms with E-state index in [4.69, 9.17) is 4.74 Å². The van der Waals surface area contributed by atoms with Crippen molar-refractivity contribution >= 4 is 5.96 Å². The Bertz CT molecular complexity index is 665. The highest BCUT2D eigenvalue weighted by molar-refractivity contribution is 5.80. The fourth-order valence-corrected chi connectivity index (χ4v) is 4.94. The molecule has 4 rings (SSSR count). The molecule has 1 spiro atoms. The predicted molar refractivity (Wildman–Crippen MR) is 101 cm³/mol. The fourth-order valence-electron chi connectivity index (χ4n) is 4.94. The lowest BCUT2D eigenvalue weighted by Crippen LogP contribution is -2.68. The summed E-state index contributed by atoms with van der Waals surface area (Å²) in [4.78, 5) is 4.46. The highest BCUT2D eigenvalue weighted by atomic mass is 16.5. The monoisotopic (exact) mass is 360 g/mol. The smallest absolute Gasteiger partial charge is 0.191 e. The Hall–Kier alpha value is -1.63. The molecule has 2 aliphatic carbocycles. The van der Waals surface area contributed by atoms with E-state index in [1.807, 2.05) is 14.0 Å². The maximum Gasteiger partial charge on any atom is 0.191 e. The van der Waals surface area contributed by atoms with Crippen molar-refractivity contribution in [2.75, 3.05) is 20.2 Å². The largest absolute Gasteiger partial charge is 0.378 e. The van der Waals surface area contributed by atoms with E-state index < -0.39 is 0 Å². The third kappa shape index (κ3) is 3.00. The predicted octanol–water partition coefficient (Wildman–Crippen LogP) is 1.66. The molecule has 7 nitrogen and oxygen atoms in total. The first-order chi connectivity index (χ1) is 12.7. The Morgan fingerprint density at radius 2 is 2.23 bits per heavy atom. The average molecular weight is 361 g/mol. The Balaban J connectivity index is 1.29. The number of hydrogen-bond donors (Lipinski definition) is 2. The number of nitrogens with zero attached hydrogens (tertiary/aromatic N) is 4. The standard InChI is InChI=1S/C19H32N6O/c1-4-26-16-10-15(19(16)8-5-9-19)22-18(20-3)21-11-14-6-7-17-24-23-13(2)25(17)12-14/h14-16H,4-12H2,1-3H3,(H2,20,21,22). The van der Waals surface area contributed by atoms with Gasteiger partial charge in [-0.1, -0.05) is 6.42 Å². The number of aromatic nitrogens is 3. The Morgan fingerprint density at radius 3 is 2.92 bits per heavy atom. The fraction of sp³-hybridized carbons (Fsp3) is 0.842. The van der Waals surface area contributed by atoms with Gasteiger partial charge in [-0.15, -0.1) is 10.2 Å². The molecule has 2 N–H and O–H groups in total. The number of fused-ring (bicyclic) bond motifs is 1. The molecular weight excluding hydrogens is 328 g/mol. The molecule has 0 saturated heterocycles. The van der Waals surface area contributed by atoms with Crippen molar-refractivity contribution in [3.05, 3.63) is 11.6 Å². The molecule has 0 radical (unpaired) electrons. The van der Waals surface area contributed by atoms with Crippen LogP contribution < -0.4 is 10.6 Å². The van der Waals surface area contributed by atoms with Gasteiger partial charge in [0, 0.05) is 44.6 Å². The van der Waals surface area contributed by atoms with Crippen molar-refractivity contribution in [1.82, 2.24) is 25.4 Å². The first-order valence-corrected chi connectivity index (χ1v) is 10.1. The molecule has 2 heterocycles. The number of rotatable bonds is 5. The summed E-state index contributed by atoms with van der Waals surface area (Å²) in [6.45, 7) is 6.89. The minimum Gasteiger partial charge on any atom is -0.378 e. The zero-order chi connectivity index (χ0) is 18.1. The third-order valence-electron chi connectivity index (χ3n) is 6.76. The van der Waals surface area contributed by atoms with E-state index in [2.05, 4.69) is 37.3 Å². The molecule has 0 bridgehead atoms. The molecule has 26 heavy (non-hydrogen) atoms. The van der Waals surface area contributed by atoms with Crippen molar-refractivity contribution < 1.29 is 4.74 Å². The molecule has 0 aromatic carbocycles. The summed E-state index contributed by atoms with van der Waals surface area (Å²) < 4.78 is 8.22. The van der Waals surface area contributed by atoms with E-state index in [1.54, 1.807) is 0 Å². The minimum absolute atomic E-state index is 0.354. The van der Waals surface area contributed by atoms with Gasteiger partial charge in [0.2, 0.25) is 0 Å². The molecule has 3 aliphatic rings. The van der Waals surface area contributed by atoms with Gasteiger partial charge in [-0.2, -0.15) is 0 Å². The zero-order valence-corrected chi connectivity index (χ0v) is 16.3. The normalized spacial score (nSPS) is 29.7. The highest BCUT2D eigenvalue weighted by Crippen LogP contribution is 2.57. The highest BCUT2D eigenvalue weighted by Gasteiger charge is 2.59. The van der Waals surface area contributed by atoms with Gasteiger partial charge in [-0.25, -0.2) is 0 Å². The van der Waals surface area contributed by atoms with Gasteiger partial charge in [0.1, 0.15) is 11.6 Å². The summed E-state index contributed by atoms with van der Waals surface area (Å²) in [7, 11) is 1.87. The van der Waals surface area contributed by atoms with Crippen LogP contribution in [0.1, 0.15) is 50.7 Å². The second kappa shape index (κ2) is 7.18. The maximum atomic E-state index is 5.96. The summed E-state index contributed by atoms with van der Waals surface area (Å²) >= 11 is 0. The summed E-state index contributed by atoms with van der Waals surface area (Å²) in [6.07, 6.45) is 7.60. The molecule has 3 atom stereocenters. The SMILES string of the molecule is CCOC1CC(NC(=NC)NCC2CCc3nnc(C)n3C2)C12CCC2. The summed E-state index contributed by atoms with van der Waals surface area (Å²) in [5.41, 5.74) is 0.354. The van der Waals surface area contributed by atoms with Crippen molar-refractivity contribution in [1.29, 1.82) is 0 Å². The number of aliphatic imine (C=N–C) groups is 1. The zero-order valence-electron chi connectivity index (χ0n) is 16.3. The average Bonchev–Trinajstić information content (AvgIpc) is 2.96. The van der Waals surface area contributed by atoms with Gasteiger partial charge in [0.15, 0.2) is 5.96 Å². The number of aryl methyl sites for hydroxylation is 2. The van der Waals surface area contributed by atoms with E-state index in [0.29, 0.717) is 23.5 Å². The molecule has 1 aliphatic heterocycles. The van der Waals surface area contributed by atoms with Crippen LogP contribution in [0.2, 0.25) is 0 Å². The number of guanidine groups is 1.